The predicted octanol–water partition coefficient (Wildman–Crippen LogP) is 2.91. The Morgan fingerprint density at radius 1 is 1.50 bits per heavy atom. The molecule has 3 nitrogen and oxygen atoms in total. The van der Waals surface area contributed by atoms with Gasteiger partial charge >= 0.3 is 5.97 Å². The Morgan fingerprint density at radius 2 is 2.17 bits per heavy atom. The van der Waals surface area contributed by atoms with Gasteiger partial charge in [-0.05, 0) is 37.5 Å². The van der Waals surface area contributed by atoms with Crippen molar-refractivity contribution in [2.45, 2.75) is 52.5 Å². The van der Waals surface area contributed by atoms with Gasteiger partial charge < -0.3 is 4.74 Å². The van der Waals surface area contributed by atoms with E-state index in [9.17, 15) is 4.79 Å². The standard InChI is InChI=1S/C15H27NO2/c1-6-8-16-15(13(17)18-7-2)10-12(3)9-14(4,5)11-15/h6,12,16H,1,7-11H2,2-5H3. The van der Waals surface area contributed by atoms with Crippen molar-refractivity contribution in [2.75, 3.05) is 13.2 Å². The molecular formula is C15H27NO2. The fourth-order valence-corrected chi connectivity index (χ4v) is 3.47. The van der Waals surface area contributed by atoms with Gasteiger partial charge in [-0.3, -0.25) is 10.1 Å². The molecule has 1 saturated carbocycles. The lowest BCUT2D eigenvalue weighted by Crippen LogP contribution is -2.58. The number of esters is 1. The van der Waals surface area contributed by atoms with E-state index >= 15 is 0 Å². The highest BCUT2D eigenvalue weighted by Crippen LogP contribution is 2.44. The van der Waals surface area contributed by atoms with Crippen LogP contribution in [0.5, 0.6) is 0 Å². The van der Waals surface area contributed by atoms with Crippen molar-refractivity contribution in [3.63, 3.8) is 0 Å². The Hall–Kier alpha value is -0.830. The van der Waals surface area contributed by atoms with Crippen LogP contribution in [0.1, 0.15) is 47.0 Å². The zero-order valence-electron chi connectivity index (χ0n) is 12.2. The van der Waals surface area contributed by atoms with Crippen LogP contribution in [0.2, 0.25) is 0 Å². The lowest BCUT2D eigenvalue weighted by Gasteiger charge is -2.46. The minimum absolute atomic E-state index is 0.105. The molecule has 1 aliphatic carbocycles. The Kier molecular flexibility index (Phi) is 4.97. The van der Waals surface area contributed by atoms with Gasteiger partial charge in [0.1, 0.15) is 5.54 Å². The summed E-state index contributed by atoms with van der Waals surface area (Å²) < 4.78 is 5.29. The number of ether oxygens (including phenoxy) is 1. The summed E-state index contributed by atoms with van der Waals surface area (Å²) in [4.78, 5) is 12.3. The Bertz CT molecular complexity index is 312. The van der Waals surface area contributed by atoms with Crippen molar-refractivity contribution in [1.82, 2.24) is 5.32 Å². The molecule has 1 rings (SSSR count). The first-order valence-electron chi connectivity index (χ1n) is 6.88. The van der Waals surface area contributed by atoms with Crippen molar-refractivity contribution in [1.29, 1.82) is 0 Å². The third-order valence-corrected chi connectivity index (χ3v) is 3.63. The number of rotatable bonds is 5. The molecule has 0 heterocycles. The van der Waals surface area contributed by atoms with Crippen molar-refractivity contribution in [3.8, 4) is 0 Å². The first-order chi connectivity index (χ1) is 8.35. The molecule has 0 aromatic carbocycles. The molecule has 2 unspecified atom stereocenters. The Labute approximate surface area is 111 Å². The first-order valence-corrected chi connectivity index (χ1v) is 6.88. The summed E-state index contributed by atoms with van der Waals surface area (Å²) in [6.07, 6.45) is 4.64. The van der Waals surface area contributed by atoms with Crippen LogP contribution < -0.4 is 5.32 Å². The average molecular weight is 253 g/mol. The lowest BCUT2D eigenvalue weighted by molar-refractivity contribution is -0.155. The van der Waals surface area contributed by atoms with Crippen LogP contribution >= 0.6 is 0 Å². The summed E-state index contributed by atoms with van der Waals surface area (Å²) in [5, 5.41) is 3.36. The minimum atomic E-state index is -0.536. The Balaban J connectivity index is 2.94. The van der Waals surface area contributed by atoms with Gasteiger partial charge in [0.2, 0.25) is 0 Å². The molecular weight excluding hydrogens is 226 g/mol. The summed E-state index contributed by atoms with van der Waals surface area (Å²) in [6, 6.07) is 0. The largest absolute Gasteiger partial charge is 0.465 e. The van der Waals surface area contributed by atoms with Crippen LogP contribution in [0.25, 0.3) is 0 Å². The molecule has 0 bridgehead atoms. The van der Waals surface area contributed by atoms with Crippen molar-refractivity contribution >= 4 is 5.97 Å². The molecule has 0 spiro atoms. The van der Waals surface area contributed by atoms with E-state index in [1.54, 1.807) is 6.08 Å². The maximum absolute atomic E-state index is 12.3. The first kappa shape index (κ1) is 15.2. The van der Waals surface area contributed by atoms with E-state index in [-0.39, 0.29) is 11.4 Å². The SMILES string of the molecule is C=CCNC1(C(=O)OCC)CC(C)CC(C)(C)C1. The molecule has 1 N–H and O–H groups in total. The third-order valence-electron chi connectivity index (χ3n) is 3.63. The highest BCUT2D eigenvalue weighted by Gasteiger charge is 2.48. The average Bonchev–Trinajstić information content (AvgIpc) is 2.24. The van der Waals surface area contributed by atoms with E-state index in [1.807, 2.05) is 6.92 Å². The molecule has 18 heavy (non-hydrogen) atoms. The molecule has 0 aromatic rings. The zero-order valence-corrected chi connectivity index (χ0v) is 12.2. The summed E-state index contributed by atoms with van der Waals surface area (Å²) in [7, 11) is 0. The molecule has 0 aromatic heterocycles. The topological polar surface area (TPSA) is 38.3 Å². The fraction of sp³-hybridized carbons (Fsp3) is 0.800. The number of carbonyl (C=O) groups excluding carboxylic acids is 1. The van der Waals surface area contributed by atoms with E-state index in [0.717, 1.165) is 19.3 Å². The second kappa shape index (κ2) is 5.87. The van der Waals surface area contributed by atoms with Gasteiger partial charge in [0.25, 0.3) is 0 Å². The third kappa shape index (κ3) is 3.58. The summed E-state index contributed by atoms with van der Waals surface area (Å²) >= 11 is 0. The van der Waals surface area contributed by atoms with Crippen molar-refractivity contribution in [3.05, 3.63) is 12.7 Å². The van der Waals surface area contributed by atoms with Gasteiger partial charge in [-0.1, -0.05) is 26.8 Å². The molecule has 0 aliphatic heterocycles. The van der Waals surface area contributed by atoms with Gasteiger partial charge in [-0.25, -0.2) is 0 Å². The predicted molar refractivity (Wildman–Crippen MR) is 74.4 cm³/mol. The minimum Gasteiger partial charge on any atom is -0.465 e. The van der Waals surface area contributed by atoms with Gasteiger partial charge in [0, 0.05) is 6.54 Å². The fourth-order valence-electron chi connectivity index (χ4n) is 3.47. The van der Waals surface area contributed by atoms with Gasteiger partial charge in [0.15, 0.2) is 0 Å². The summed E-state index contributed by atoms with van der Waals surface area (Å²) in [5.41, 5.74) is -0.371. The second-order valence-electron chi connectivity index (χ2n) is 6.33. The monoisotopic (exact) mass is 253 g/mol. The van der Waals surface area contributed by atoms with E-state index < -0.39 is 5.54 Å². The second-order valence-corrected chi connectivity index (χ2v) is 6.33. The normalized spacial score (nSPS) is 30.8. The summed E-state index contributed by atoms with van der Waals surface area (Å²) in [5.74, 6) is 0.418. The maximum atomic E-state index is 12.3. The van der Waals surface area contributed by atoms with Crippen LogP contribution in [0.3, 0.4) is 0 Å². The molecule has 104 valence electrons. The zero-order chi connectivity index (χ0) is 13.8. The van der Waals surface area contributed by atoms with Crippen LogP contribution in [0.4, 0.5) is 0 Å². The molecule has 3 heteroatoms. The van der Waals surface area contributed by atoms with E-state index in [1.165, 1.54) is 0 Å². The van der Waals surface area contributed by atoms with Crippen molar-refractivity contribution < 1.29 is 9.53 Å². The molecule has 2 atom stereocenters. The quantitative estimate of drug-likeness (QED) is 0.605. The number of carbonyl (C=O) groups is 1. The smallest absolute Gasteiger partial charge is 0.326 e. The molecule has 1 aliphatic rings. The maximum Gasteiger partial charge on any atom is 0.326 e. The van der Waals surface area contributed by atoms with Crippen LogP contribution in [-0.2, 0) is 9.53 Å². The molecule has 0 radical (unpaired) electrons. The Morgan fingerprint density at radius 3 is 2.67 bits per heavy atom. The number of hydrogen-bond donors (Lipinski definition) is 1. The molecule has 0 amide bonds. The lowest BCUT2D eigenvalue weighted by atomic mass is 9.64. The highest BCUT2D eigenvalue weighted by atomic mass is 16.5. The van der Waals surface area contributed by atoms with Gasteiger partial charge in [-0.2, -0.15) is 0 Å². The van der Waals surface area contributed by atoms with E-state index in [4.69, 9.17) is 4.74 Å². The highest BCUT2D eigenvalue weighted by molar-refractivity contribution is 5.81. The van der Waals surface area contributed by atoms with Crippen LogP contribution in [0.15, 0.2) is 12.7 Å². The molecule has 0 saturated heterocycles. The van der Waals surface area contributed by atoms with Gasteiger partial charge in [0.05, 0.1) is 6.61 Å². The summed E-state index contributed by atoms with van der Waals surface area (Å²) in [6.45, 7) is 13.3. The van der Waals surface area contributed by atoms with Crippen LogP contribution in [0, 0.1) is 11.3 Å². The van der Waals surface area contributed by atoms with E-state index in [0.29, 0.717) is 19.1 Å². The molecule has 1 fully saturated rings. The van der Waals surface area contributed by atoms with Crippen LogP contribution in [-0.4, -0.2) is 24.7 Å². The van der Waals surface area contributed by atoms with E-state index in [2.05, 4.69) is 32.7 Å². The van der Waals surface area contributed by atoms with Gasteiger partial charge in [-0.15, -0.1) is 6.58 Å². The van der Waals surface area contributed by atoms with Crippen molar-refractivity contribution in [2.24, 2.45) is 11.3 Å². The number of nitrogens with one attached hydrogen (secondary N) is 1. The number of hydrogen-bond acceptors (Lipinski definition) is 3.